The number of carbonyl (C=O) groups is 1. The zero-order chi connectivity index (χ0) is 22.7. The second-order valence-corrected chi connectivity index (χ2v) is 6.82. The van der Waals surface area contributed by atoms with Gasteiger partial charge < -0.3 is 23.4 Å². The first-order valence-corrected chi connectivity index (χ1v) is 9.68. The molecule has 0 radical (unpaired) electrons. The van der Waals surface area contributed by atoms with E-state index in [4.69, 9.17) is 23.4 Å². The summed E-state index contributed by atoms with van der Waals surface area (Å²) in [5.74, 6) is 1.28. The maximum atomic E-state index is 12.9. The highest BCUT2D eigenvalue weighted by Crippen LogP contribution is 2.29. The van der Waals surface area contributed by atoms with E-state index >= 15 is 0 Å². The maximum Gasteiger partial charge on any atom is 0.343 e. The van der Waals surface area contributed by atoms with Crippen LogP contribution in [0.1, 0.15) is 10.4 Å². The molecule has 0 spiro atoms. The fraction of sp³-hybridized carbons (Fsp3) is 0.120. The van der Waals surface area contributed by atoms with Crippen LogP contribution in [0.5, 0.6) is 23.0 Å². The van der Waals surface area contributed by atoms with Gasteiger partial charge in [0.05, 0.1) is 37.8 Å². The summed E-state index contributed by atoms with van der Waals surface area (Å²) >= 11 is 0. The molecule has 32 heavy (non-hydrogen) atoms. The van der Waals surface area contributed by atoms with Crippen LogP contribution in [0.2, 0.25) is 0 Å². The van der Waals surface area contributed by atoms with Gasteiger partial charge in [0.1, 0.15) is 23.3 Å². The first kappa shape index (κ1) is 21.0. The molecule has 0 fully saturated rings. The van der Waals surface area contributed by atoms with E-state index in [-0.39, 0.29) is 11.2 Å². The zero-order valence-corrected chi connectivity index (χ0v) is 17.7. The monoisotopic (exact) mass is 432 g/mol. The van der Waals surface area contributed by atoms with Crippen molar-refractivity contribution < 1.29 is 28.2 Å². The summed E-state index contributed by atoms with van der Waals surface area (Å²) in [5.41, 5.74) is 1.55. The van der Waals surface area contributed by atoms with E-state index in [1.54, 1.807) is 55.6 Å². The van der Waals surface area contributed by atoms with Gasteiger partial charge in [0, 0.05) is 6.07 Å². The van der Waals surface area contributed by atoms with Gasteiger partial charge in [-0.25, -0.2) is 4.79 Å². The minimum absolute atomic E-state index is 0.186. The molecule has 4 aromatic rings. The summed E-state index contributed by atoms with van der Waals surface area (Å²) in [4.78, 5) is 25.5. The van der Waals surface area contributed by atoms with Crippen molar-refractivity contribution >= 4 is 16.9 Å². The van der Waals surface area contributed by atoms with Crippen LogP contribution in [-0.4, -0.2) is 27.3 Å². The molecule has 0 saturated heterocycles. The van der Waals surface area contributed by atoms with E-state index in [0.29, 0.717) is 44.9 Å². The van der Waals surface area contributed by atoms with E-state index in [9.17, 15) is 9.59 Å². The Morgan fingerprint density at radius 2 is 1.50 bits per heavy atom. The number of esters is 1. The molecule has 4 rings (SSSR count). The Bertz CT molecular complexity index is 1340. The van der Waals surface area contributed by atoms with Crippen molar-refractivity contribution in [2.45, 2.75) is 0 Å². The second-order valence-electron chi connectivity index (χ2n) is 6.82. The standard InChI is InChI=1S/C25H20O7/c1-28-17-7-4-15(5-8-17)20-14-31-22-13-18(9-10-19(22)24(20)26)32-25(27)16-6-11-21(29-2)23(12-16)30-3/h4-14H,1-3H3. The normalized spacial score (nSPS) is 10.6. The third-order valence-electron chi connectivity index (χ3n) is 4.98. The molecule has 0 aliphatic heterocycles. The van der Waals surface area contributed by atoms with Crippen molar-refractivity contribution in [3.63, 3.8) is 0 Å². The maximum absolute atomic E-state index is 12.9. The zero-order valence-electron chi connectivity index (χ0n) is 17.7. The molecule has 0 unspecified atom stereocenters. The van der Waals surface area contributed by atoms with E-state index < -0.39 is 5.97 Å². The SMILES string of the molecule is COc1ccc(-c2coc3cc(OC(=O)c4ccc(OC)c(OC)c4)ccc3c2=O)cc1. The number of rotatable bonds is 6. The van der Waals surface area contributed by atoms with Gasteiger partial charge in [0.25, 0.3) is 0 Å². The lowest BCUT2D eigenvalue weighted by molar-refractivity contribution is 0.0734. The van der Waals surface area contributed by atoms with Crippen molar-refractivity contribution in [2.24, 2.45) is 0 Å². The molecule has 0 atom stereocenters. The van der Waals surface area contributed by atoms with E-state index in [2.05, 4.69) is 0 Å². The predicted octanol–water partition coefficient (Wildman–Crippen LogP) is 4.71. The van der Waals surface area contributed by atoms with Gasteiger partial charge in [0.2, 0.25) is 0 Å². The molecule has 0 saturated carbocycles. The number of hydrogen-bond donors (Lipinski definition) is 0. The summed E-state index contributed by atoms with van der Waals surface area (Å²) in [7, 11) is 4.58. The summed E-state index contributed by atoms with van der Waals surface area (Å²) in [5, 5.41) is 0.379. The number of hydrogen-bond acceptors (Lipinski definition) is 7. The number of fused-ring (bicyclic) bond motifs is 1. The van der Waals surface area contributed by atoms with Crippen LogP contribution in [0.25, 0.3) is 22.1 Å². The topological polar surface area (TPSA) is 84.2 Å². The Morgan fingerprint density at radius 3 is 2.19 bits per heavy atom. The van der Waals surface area contributed by atoms with Crippen molar-refractivity contribution in [1.82, 2.24) is 0 Å². The molecule has 7 nitrogen and oxygen atoms in total. The van der Waals surface area contributed by atoms with Gasteiger partial charge in [-0.15, -0.1) is 0 Å². The lowest BCUT2D eigenvalue weighted by atomic mass is 10.1. The minimum Gasteiger partial charge on any atom is -0.497 e. The number of benzene rings is 3. The molecule has 7 heteroatoms. The Labute approximate surface area is 183 Å². The second kappa shape index (κ2) is 8.85. The van der Waals surface area contributed by atoms with Crippen LogP contribution in [-0.2, 0) is 0 Å². The number of carbonyl (C=O) groups excluding carboxylic acids is 1. The predicted molar refractivity (Wildman–Crippen MR) is 119 cm³/mol. The first-order valence-electron chi connectivity index (χ1n) is 9.68. The lowest BCUT2D eigenvalue weighted by Crippen LogP contribution is -2.09. The van der Waals surface area contributed by atoms with Gasteiger partial charge >= 0.3 is 5.97 Å². The molecule has 1 aromatic heterocycles. The minimum atomic E-state index is -0.581. The summed E-state index contributed by atoms with van der Waals surface area (Å²) in [6, 6.07) is 16.5. The highest BCUT2D eigenvalue weighted by atomic mass is 16.5. The third kappa shape index (κ3) is 4.00. The van der Waals surface area contributed by atoms with Gasteiger partial charge in [-0.05, 0) is 48.0 Å². The Morgan fingerprint density at radius 1 is 0.781 bits per heavy atom. The highest BCUT2D eigenvalue weighted by Gasteiger charge is 2.15. The molecular weight excluding hydrogens is 412 g/mol. The van der Waals surface area contributed by atoms with Gasteiger partial charge in [-0.2, -0.15) is 0 Å². The molecule has 162 valence electrons. The third-order valence-corrected chi connectivity index (χ3v) is 4.98. The molecule has 0 aliphatic carbocycles. The molecule has 0 aliphatic rings. The average Bonchev–Trinajstić information content (AvgIpc) is 2.84. The highest BCUT2D eigenvalue weighted by molar-refractivity contribution is 5.92. The van der Waals surface area contributed by atoms with Crippen molar-refractivity contribution in [2.75, 3.05) is 21.3 Å². The Kier molecular flexibility index (Phi) is 5.81. The molecule has 3 aromatic carbocycles. The summed E-state index contributed by atoms with van der Waals surface area (Å²) in [6.07, 6.45) is 1.40. The van der Waals surface area contributed by atoms with E-state index in [1.165, 1.54) is 32.6 Å². The van der Waals surface area contributed by atoms with E-state index in [1.807, 2.05) is 0 Å². The van der Waals surface area contributed by atoms with Gasteiger partial charge in [-0.3, -0.25) is 4.79 Å². The van der Waals surface area contributed by atoms with Crippen molar-refractivity contribution in [1.29, 1.82) is 0 Å². The molecule has 0 bridgehead atoms. The number of methoxy groups -OCH3 is 3. The Hall–Kier alpha value is -4.26. The quantitative estimate of drug-likeness (QED) is 0.322. The Balaban J connectivity index is 1.61. The molecular formula is C25H20O7. The average molecular weight is 432 g/mol. The van der Waals surface area contributed by atoms with Crippen molar-refractivity contribution in [3.05, 3.63) is 82.7 Å². The molecule has 0 amide bonds. The number of ether oxygens (including phenoxy) is 4. The van der Waals surface area contributed by atoms with Crippen molar-refractivity contribution in [3.8, 4) is 34.1 Å². The summed E-state index contributed by atoms with van der Waals surface area (Å²) in [6.45, 7) is 0. The van der Waals surface area contributed by atoms with Crippen LogP contribution in [0.3, 0.4) is 0 Å². The van der Waals surface area contributed by atoms with Crippen LogP contribution in [0.4, 0.5) is 0 Å². The van der Waals surface area contributed by atoms with Gasteiger partial charge in [-0.1, -0.05) is 12.1 Å². The largest absolute Gasteiger partial charge is 0.497 e. The van der Waals surface area contributed by atoms with E-state index in [0.717, 1.165) is 0 Å². The molecule has 0 N–H and O–H groups in total. The smallest absolute Gasteiger partial charge is 0.343 e. The fourth-order valence-corrected chi connectivity index (χ4v) is 3.27. The summed E-state index contributed by atoms with van der Waals surface area (Å²) < 4.78 is 26.7. The van der Waals surface area contributed by atoms with Crippen LogP contribution in [0, 0.1) is 0 Å². The molecule has 1 heterocycles. The van der Waals surface area contributed by atoms with Crippen LogP contribution >= 0.6 is 0 Å². The fourth-order valence-electron chi connectivity index (χ4n) is 3.27. The van der Waals surface area contributed by atoms with Crippen LogP contribution in [0.15, 0.2) is 76.1 Å². The van der Waals surface area contributed by atoms with Crippen LogP contribution < -0.4 is 24.4 Å². The lowest BCUT2D eigenvalue weighted by Gasteiger charge is -2.10. The van der Waals surface area contributed by atoms with Gasteiger partial charge in [0.15, 0.2) is 16.9 Å². The first-order chi connectivity index (χ1) is 15.5.